The van der Waals surface area contributed by atoms with Gasteiger partial charge in [0.25, 0.3) is 5.91 Å². The molecule has 0 aliphatic rings. The van der Waals surface area contributed by atoms with E-state index in [-0.39, 0.29) is 18.4 Å². The zero-order chi connectivity index (χ0) is 15.2. The summed E-state index contributed by atoms with van der Waals surface area (Å²) in [5.74, 6) is -0.504. The Balaban J connectivity index is 1.86. The van der Waals surface area contributed by atoms with Gasteiger partial charge >= 0.3 is 0 Å². The fourth-order valence-corrected chi connectivity index (χ4v) is 1.90. The molecule has 2 N–H and O–H groups in total. The fraction of sp³-hybridized carbons (Fsp3) is 0.176. The number of anilines is 1. The Kier molecular flexibility index (Phi) is 4.72. The van der Waals surface area contributed by atoms with E-state index < -0.39 is 0 Å². The first-order chi connectivity index (χ1) is 10.0. The molecule has 0 radical (unpaired) electrons. The number of hydrogen-bond donors (Lipinski definition) is 2. The topological polar surface area (TPSA) is 58.2 Å². The molecule has 0 saturated heterocycles. The number of nitrogens with one attached hydrogen (secondary N) is 2. The van der Waals surface area contributed by atoms with Gasteiger partial charge in [0.2, 0.25) is 5.91 Å². The highest BCUT2D eigenvalue weighted by Crippen LogP contribution is 2.09. The molecule has 0 aromatic heterocycles. The monoisotopic (exact) mass is 282 g/mol. The predicted molar refractivity (Wildman–Crippen MR) is 83.3 cm³/mol. The molecule has 0 aliphatic carbocycles. The van der Waals surface area contributed by atoms with Gasteiger partial charge in [0.05, 0.1) is 6.54 Å². The van der Waals surface area contributed by atoms with Crippen LogP contribution >= 0.6 is 0 Å². The smallest absolute Gasteiger partial charge is 0.251 e. The first kappa shape index (κ1) is 14.8. The van der Waals surface area contributed by atoms with Crippen LogP contribution in [0.1, 0.15) is 21.5 Å². The van der Waals surface area contributed by atoms with Crippen molar-refractivity contribution in [3.05, 3.63) is 65.2 Å². The van der Waals surface area contributed by atoms with E-state index in [0.717, 1.165) is 16.8 Å². The van der Waals surface area contributed by atoms with Crippen LogP contribution in [-0.2, 0) is 4.79 Å². The van der Waals surface area contributed by atoms with Crippen LogP contribution in [0.4, 0.5) is 5.69 Å². The lowest BCUT2D eigenvalue weighted by molar-refractivity contribution is -0.115. The molecular weight excluding hydrogens is 264 g/mol. The third-order valence-electron chi connectivity index (χ3n) is 3.03. The Labute approximate surface area is 124 Å². The molecule has 0 bridgehead atoms. The Hall–Kier alpha value is -2.62. The minimum atomic E-state index is -0.255. The van der Waals surface area contributed by atoms with Gasteiger partial charge in [-0.1, -0.05) is 29.8 Å². The highest BCUT2D eigenvalue weighted by atomic mass is 16.2. The van der Waals surface area contributed by atoms with Crippen LogP contribution in [0.5, 0.6) is 0 Å². The Morgan fingerprint density at radius 1 is 0.952 bits per heavy atom. The Morgan fingerprint density at radius 3 is 2.33 bits per heavy atom. The molecule has 21 heavy (non-hydrogen) atoms. The van der Waals surface area contributed by atoms with E-state index in [1.807, 2.05) is 50.2 Å². The predicted octanol–water partition coefficient (Wildman–Crippen LogP) is 2.67. The maximum atomic E-state index is 11.9. The van der Waals surface area contributed by atoms with Crippen molar-refractivity contribution in [2.45, 2.75) is 13.8 Å². The summed E-state index contributed by atoms with van der Waals surface area (Å²) in [7, 11) is 0. The second-order valence-corrected chi connectivity index (χ2v) is 4.97. The van der Waals surface area contributed by atoms with Gasteiger partial charge in [0.1, 0.15) is 0 Å². The second-order valence-electron chi connectivity index (χ2n) is 4.97. The van der Waals surface area contributed by atoms with Gasteiger partial charge in [0.15, 0.2) is 0 Å². The fourth-order valence-electron chi connectivity index (χ4n) is 1.90. The second kappa shape index (κ2) is 6.70. The molecule has 0 heterocycles. The maximum Gasteiger partial charge on any atom is 0.251 e. The van der Waals surface area contributed by atoms with E-state index in [9.17, 15) is 9.59 Å². The molecule has 2 amide bonds. The number of benzene rings is 2. The van der Waals surface area contributed by atoms with Crippen LogP contribution in [0, 0.1) is 13.8 Å². The van der Waals surface area contributed by atoms with Crippen molar-refractivity contribution in [1.29, 1.82) is 0 Å². The van der Waals surface area contributed by atoms with Crippen LogP contribution in [0.25, 0.3) is 0 Å². The van der Waals surface area contributed by atoms with E-state index in [0.29, 0.717) is 5.56 Å². The van der Waals surface area contributed by atoms with Crippen LogP contribution in [0.3, 0.4) is 0 Å². The van der Waals surface area contributed by atoms with Crippen molar-refractivity contribution >= 4 is 17.5 Å². The van der Waals surface area contributed by atoms with Crippen molar-refractivity contribution < 1.29 is 9.59 Å². The van der Waals surface area contributed by atoms with Gasteiger partial charge in [-0.05, 0) is 43.7 Å². The quantitative estimate of drug-likeness (QED) is 0.905. The number of rotatable bonds is 4. The van der Waals surface area contributed by atoms with Crippen molar-refractivity contribution in [3.63, 3.8) is 0 Å². The number of amides is 2. The third kappa shape index (κ3) is 4.45. The lowest BCUT2D eigenvalue weighted by Crippen LogP contribution is -2.32. The van der Waals surface area contributed by atoms with Crippen LogP contribution in [-0.4, -0.2) is 18.4 Å². The molecule has 108 valence electrons. The molecule has 0 spiro atoms. The van der Waals surface area contributed by atoms with Gasteiger partial charge in [-0.25, -0.2) is 0 Å². The van der Waals surface area contributed by atoms with Crippen molar-refractivity contribution in [2.75, 3.05) is 11.9 Å². The summed E-state index contributed by atoms with van der Waals surface area (Å²) in [6.07, 6.45) is 0. The van der Waals surface area contributed by atoms with E-state index in [2.05, 4.69) is 10.6 Å². The first-order valence-electron chi connectivity index (χ1n) is 6.76. The molecule has 2 aromatic carbocycles. The Bertz CT molecular complexity index is 648. The largest absolute Gasteiger partial charge is 0.343 e. The molecule has 4 heteroatoms. The summed E-state index contributed by atoms with van der Waals surface area (Å²) in [6.45, 7) is 3.85. The molecule has 2 aromatic rings. The summed E-state index contributed by atoms with van der Waals surface area (Å²) in [6, 6.07) is 14.7. The maximum absolute atomic E-state index is 11.9. The lowest BCUT2D eigenvalue weighted by Gasteiger charge is -2.07. The molecule has 0 saturated carbocycles. The van der Waals surface area contributed by atoms with Crippen LogP contribution in [0.2, 0.25) is 0 Å². The summed E-state index contributed by atoms with van der Waals surface area (Å²) in [4.78, 5) is 23.7. The SMILES string of the molecule is Cc1ccc(C(=O)NCC(=O)Nc2cccc(C)c2)cc1. The van der Waals surface area contributed by atoms with E-state index in [1.54, 1.807) is 12.1 Å². The standard InChI is InChI=1S/C17H18N2O2/c1-12-6-8-14(9-7-12)17(21)18-11-16(20)19-15-5-3-4-13(2)10-15/h3-10H,11H2,1-2H3,(H,18,21)(H,19,20). The number of carbonyl (C=O) groups is 2. The molecule has 0 atom stereocenters. The third-order valence-corrected chi connectivity index (χ3v) is 3.03. The number of carbonyl (C=O) groups excluding carboxylic acids is 2. The zero-order valence-corrected chi connectivity index (χ0v) is 12.1. The lowest BCUT2D eigenvalue weighted by atomic mass is 10.1. The van der Waals surface area contributed by atoms with Crippen LogP contribution < -0.4 is 10.6 Å². The molecule has 0 aliphatic heterocycles. The van der Waals surface area contributed by atoms with Crippen molar-refractivity contribution in [3.8, 4) is 0 Å². The van der Waals surface area contributed by atoms with E-state index in [4.69, 9.17) is 0 Å². The van der Waals surface area contributed by atoms with Gasteiger partial charge in [-0.2, -0.15) is 0 Å². The van der Waals surface area contributed by atoms with E-state index in [1.165, 1.54) is 0 Å². The average molecular weight is 282 g/mol. The van der Waals surface area contributed by atoms with Crippen molar-refractivity contribution in [1.82, 2.24) is 5.32 Å². The highest BCUT2D eigenvalue weighted by Gasteiger charge is 2.08. The van der Waals surface area contributed by atoms with Crippen molar-refractivity contribution in [2.24, 2.45) is 0 Å². The molecule has 4 nitrogen and oxygen atoms in total. The molecule has 0 fully saturated rings. The van der Waals surface area contributed by atoms with Gasteiger partial charge in [0, 0.05) is 11.3 Å². The Morgan fingerprint density at radius 2 is 1.67 bits per heavy atom. The minimum absolute atomic E-state index is 0.0549. The number of aryl methyl sites for hydroxylation is 2. The first-order valence-corrected chi connectivity index (χ1v) is 6.76. The molecular formula is C17H18N2O2. The molecule has 0 unspecified atom stereocenters. The summed E-state index contributed by atoms with van der Waals surface area (Å²) >= 11 is 0. The summed E-state index contributed by atoms with van der Waals surface area (Å²) in [5.41, 5.74) is 3.42. The summed E-state index contributed by atoms with van der Waals surface area (Å²) in [5, 5.41) is 5.35. The van der Waals surface area contributed by atoms with Gasteiger partial charge in [-0.3, -0.25) is 9.59 Å². The summed E-state index contributed by atoms with van der Waals surface area (Å²) < 4.78 is 0. The van der Waals surface area contributed by atoms with Gasteiger partial charge in [-0.15, -0.1) is 0 Å². The average Bonchev–Trinajstić information content (AvgIpc) is 2.45. The zero-order valence-electron chi connectivity index (χ0n) is 12.1. The van der Waals surface area contributed by atoms with E-state index >= 15 is 0 Å². The van der Waals surface area contributed by atoms with Gasteiger partial charge < -0.3 is 10.6 Å². The highest BCUT2D eigenvalue weighted by molar-refractivity contribution is 5.99. The normalized spacial score (nSPS) is 10.0. The van der Waals surface area contributed by atoms with Crippen LogP contribution in [0.15, 0.2) is 48.5 Å². The minimum Gasteiger partial charge on any atom is -0.343 e. The molecule has 2 rings (SSSR count). The number of hydrogen-bond acceptors (Lipinski definition) is 2.